The fraction of sp³-hybridized carbons (Fsp3) is 0.480. The van der Waals surface area contributed by atoms with Crippen molar-refractivity contribution in [2.24, 2.45) is 5.92 Å². The number of amides is 1. The molecule has 0 N–H and O–H groups in total. The van der Waals surface area contributed by atoms with Crippen LogP contribution in [-0.4, -0.2) is 44.6 Å². The maximum Gasteiger partial charge on any atom is 0.246 e. The van der Waals surface area contributed by atoms with E-state index >= 15 is 0 Å². The van der Waals surface area contributed by atoms with Crippen molar-refractivity contribution in [2.75, 3.05) is 23.7 Å². The Bertz CT molecular complexity index is 997. The molecule has 168 valence electrons. The van der Waals surface area contributed by atoms with Crippen LogP contribution >= 0.6 is 0 Å². The van der Waals surface area contributed by atoms with E-state index < -0.39 is 16.1 Å². The first kappa shape index (κ1) is 23.3. The zero-order valence-electron chi connectivity index (χ0n) is 19.0. The van der Waals surface area contributed by atoms with Crippen molar-refractivity contribution in [3.05, 3.63) is 65.2 Å². The molecule has 0 aliphatic carbocycles. The van der Waals surface area contributed by atoms with Crippen molar-refractivity contribution in [1.29, 1.82) is 0 Å². The molecular formula is C25H34N2O3S. The van der Waals surface area contributed by atoms with Crippen molar-refractivity contribution < 1.29 is 13.2 Å². The number of piperidine rings is 1. The van der Waals surface area contributed by atoms with E-state index in [0.29, 0.717) is 31.1 Å². The number of hydrogen-bond acceptors (Lipinski definition) is 3. The van der Waals surface area contributed by atoms with Gasteiger partial charge in [-0.05, 0) is 74.3 Å². The van der Waals surface area contributed by atoms with Gasteiger partial charge in [-0.3, -0.25) is 9.10 Å². The molecule has 0 bridgehead atoms. The van der Waals surface area contributed by atoms with Crippen molar-refractivity contribution >= 4 is 21.6 Å². The summed E-state index contributed by atoms with van der Waals surface area (Å²) in [4.78, 5) is 15.3. The standard InChI is InChI=1S/C25H34N2O3S/c1-5-24(27(31(4,29)30)23-12-11-19(2)20(3)17-23)25(28)26-15-13-22(14-16-26)18-21-9-7-6-8-10-21/h6-12,17,22,24H,5,13-16,18H2,1-4H3/t24-/m0/s1. The fourth-order valence-electron chi connectivity index (χ4n) is 4.42. The summed E-state index contributed by atoms with van der Waals surface area (Å²) in [5.41, 5.74) is 3.99. The van der Waals surface area contributed by atoms with Crippen LogP contribution in [0.25, 0.3) is 0 Å². The lowest BCUT2D eigenvalue weighted by Crippen LogP contribution is -2.52. The number of rotatable bonds is 7. The van der Waals surface area contributed by atoms with Gasteiger partial charge in [0.25, 0.3) is 0 Å². The highest BCUT2D eigenvalue weighted by molar-refractivity contribution is 7.92. The van der Waals surface area contributed by atoms with Gasteiger partial charge in [0.15, 0.2) is 0 Å². The van der Waals surface area contributed by atoms with Gasteiger partial charge in [0.2, 0.25) is 15.9 Å². The molecule has 1 atom stereocenters. The second-order valence-corrected chi connectivity index (χ2v) is 10.6. The van der Waals surface area contributed by atoms with E-state index in [1.165, 1.54) is 16.1 Å². The highest BCUT2D eigenvalue weighted by Crippen LogP contribution is 2.28. The summed E-state index contributed by atoms with van der Waals surface area (Å²) in [6, 6.07) is 15.3. The predicted octanol–water partition coefficient (Wildman–Crippen LogP) is 4.33. The van der Waals surface area contributed by atoms with Gasteiger partial charge in [-0.15, -0.1) is 0 Å². The first-order valence-corrected chi connectivity index (χ1v) is 12.9. The zero-order chi connectivity index (χ0) is 22.6. The molecule has 5 nitrogen and oxygen atoms in total. The maximum absolute atomic E-state index is 13.4. The van der Waals surface area contributed by atoms with Crippen LogP contribution in [0, 0.1) is 19.8 Å². The molecule has 1 amide bonds. The van der Waals surface area contributed by atoms with Crippen LogP contribution < -0.4 is 4.31 Å². The van der Waals surface area contributed by atoms with Gasteiger partial charge in [-0.25, -0.2) is 8.42 Å². The molecule has 1 aliphatic rings. The number of likely N-dealkylation sites (tertiary alicyclic amines) is 1. The molecule has 2 aromatic rings. The van der Waals surface area contributed by atoms with Crippen molar-refractivity contribution in [2.45, 2.75) is 52.5 Å². The summed E-state index contributed by atoms with van der Waals surface area (Å²) in [5.74, 6) is 0.460. The Morgan fingerprint density at radius 3 is 2.26 bits per heavy atom. The Hall–Kier alpha value is -2.34. The second-order valence-electron chi connectivity index (χ2n) is 8.71. The summed E-state index contributed by atoms with van der Waals surface area (Å²) in [5, 5.41) is 0. The molecule has 3 rings (SSSR count). The number of sulfonamides is 1. The number of benzene rings is 2. The molecule has 2 aromatic carbocycles. The van der Waals surface area contributed by atoms with E-state index in [1.807, 2.05) is 43.9 Å². The Morgan fingerprint density at radius 1 is 1.06 bits per heavy atom. The smallest absolute Gasteiger partial charge is 0.246 e. The van der Waals surface area contributed by atoms with Crippen molar-refractivity contribution in [3.8, 4) is 0 Å². The molecule has 6 heteroatoms. The monoisotopic (exact) mass is 442 g/mol. The highest BCUT2D eigenvalue weighted by Gasteiger charge is 2.35. The molecule has 1 fully saturated rings. The average Bonchev–Trinajstić information content (AvgIpc) is 2.74. The third-order valence-corrected chi connectivity index (χ3v) is 7.53. The second kappa shape index (κ2) is 9.86. The van der Waals surface area contributed by atoms with Gasteiger partial charge < -0.3 is 4.90 Å². The van der Waals surface area contributed by atoms with Crippen LogP contribution in [0.15, 0.2) is 48.5 Å². The third-order valence-electron chi connectivity index (χ3n) is 6.35. The predicted molar refractivity (Wildman–Crippen MR) is 127 cm³/mol. The van der Waals surface area contributed by atoms with Gasteiger partial charge in [0.1, 0.15) is 6.04 Å². The van der Waals surface area contributed by atoms with E-state index in [1.54, 1.807) is 6.07 Å². The minimum absolute atomic E-state index is 0.0932. The van der Waals surface area contributed by atoms with E-state index in [-0.39, 0.29) is 5.91 Å². The minimum atomic E-state index is -3.61. The molecule has 1 aliphatic heterocycles. The summed E-state index contributed by atoms with van der Waals surface area (Å²) < 4.78 is 26.8. The van der Waals surface area contributed by atoms with Crippen LogP contribution in [0.3, 0.4) is 0 Å². The molecule has 0 aromatic heterocycles. The summed E-state index contributed by atoms with van der Waals surface area (Å²) in [6.07, 6.45) is 4.53. The fourth-order valence-corrected chi connectivity index (χ4v) is 5.62. The molecule has 0 spiro atoms. The lowest BCUT2D eigenvalue weighted by molar-refractivity contribution is -0.133. The lowest BCUT2D eigenvalue weighted by atomic mass is 9.90. The molecule has 0 unspecified atom stereocenters. The number of anilines is 1. The normalized spacial score (nSPS) is 16.2. The minimum Gasteiger partial charge on any atom is -0.341 e. The maximum atomic E-state index is 13.4. The first-order chi connectivity index (χ1) is 14.7. The molecular weight excluding hydrogens is 408 g/mol. The largest absolute Gasteiger partial charge is 0.341 e. The van der Waals surface area contributed by atoms with Gasteiger partial charge in [0, 0.05) is 13.1 Å². The Kier molecular flexibility index (Phi) is 7.42. The average molecular weight is 443 g/mol. The Labute approximate surface area is 187 Å². The molecule has 0 radical (unpaired) electrons. The van der Waals surface area contributed by atoms with Crippen molar-refractivity contribution in [3.63, 3.8) is 0 Å². The SMILES string of the molecule is CC[C@@H](C(=O)N1CCC(Cc2ccccc2)CC1)N(c1ccc(C)c(C)c1)S(C)(=O)=O. The molecule has 31 heavy (non-hydrogen) atoms. The van der Waals surface area contributed by atoms with Crippen LogP contribution in [0.4, 0.5) is 5.69 Å². The zero-order valence-corrected chi connectivity index (χ0v) is 19.9. The number of hydrogen-bond donors (Lipinski definition) is 0. The molecule has 1 heterocycles. The Morgan fingerprint density at radius 2 is 1.71 bits per heavy atom. The number of nitrogens with zero attached hydrogens (tertiary/aromatic N) is 2. The van der Waals surface area contributed by atoms with E-state index in [9.17, 15) is 13.2 Å². The summed E-state index contributed by atoms with van der Waals surface area (Å²) in [7, 11) is -3.61. The van der Waals surface area contributed by atoms with Gasteiger partial charge in [0.05, 0.1) is 11.9 Å². The van der Waals surface area contributed by atoms with Crippen LogP contribution in [0.2, 0.25) is 0 Å². The summed E-state index contributed by atoms with van der Waals surface area (Å²) in [6.45, 7) is 7.18. The van der Waals surface area contributed by atoms with Crippen LogP contribution in [-0.2, 0) is 21.2 Å². The van der Waals surface area contributed by atoms with Crippen LogP contribution in [0.5, 0.6) is 0 Å². The molecule has 0 saturated carbocycles. The lowest BCUT2D eigenvalue weighted by Gasteiger charge is -2.37. The first-order valence-electron chi connectivity index (χ1n) is 11.1. The van der Waals surface area contributed by atoms with Gasteiger partial charge >= 0.3 is 0 Å². The van der Waals surface area contributed by atoms with E-state index in [4.69, 9.17) is 0 Å². The van der Waals surface area contributed by atoms with Crippen molar-refractivity contribution in [1.82, 2.24) is 4.90 Å². The van der Waals surface area contributed by atoms with Gasteiger partial charge in [-0.1, -0.05) is 43.3 Å². The number of aryl methyl sites for hydroxylation is 2. The van der Waals surface area contributed by atoms with Crippen LogP contribution in [0.1, 0.15) is 42.9 Å². The molecule has 1 saturated heterocycles. The topological polar surface area (TPSA) is 57.7 Å². The highest BCUT2D eigenvalue weighted by atomic mass is 32.2. The summed E-state index contributed by atoms with van der Waals surface area (Å²) >= 11 is 0. The third kappa shape index (κ3) is 5.67. The number of carbonyl (C=O) groups excluding carboxylic acids is 1. The van der Waals surface area contributed by atoms with Gasteiger partial charge in [-0.2, -0.15) is 0 Å². The number of carbonyl (C=O) groups is 1. The Balaban J connectivity index is 1.74. The van der Waals surface area contributed by atoms with E-state index in [2.05, 4.69) is 24.3 Å². The quantitative estimate of drug-likeness (QED) is 0.641. The van der Waals surface area contributed by atoms with E-state index in [0.717, 1.165) is 30.4 Å².